The Morgan fingerprint density at radius 2 is 1.85 bits per heavy atom. The first-order valence-corrected chi connectivity index (χ1v) is 7.54. The van der Waals surface area contributed by atoms with Crippen LogP contribution in [0.5, 0.6) is 5.75 Å². The van der Waals surface area contributed by atoms with Crippen LogP contribution in [0.25, 0.3) is 15.9 Å². The van der Waals surface area contributed by atoms with Crippen LogP contribution in [0.15, 0.2) is 48.7 Å². The molecule has 1 heterocycles. The molecule has 0 atom stereocenters. The van der Waals surface area contributed by atoms with E-state index in [4.69, 9.17) is 6.57 Å². The zero-order chi connectivity index (χ0) is 18.7. The van der Waals surface area contributed by atoms with Crippen molar-refractivity contribution in [2.45, 2.75) is 12.9 Å². The van der Waals surface area contributed by atoms with Crippen LogP contribution in [0.2, 0.25) is 0 Å². The molecule has 0 unspecified atom stereocenters. The van der Waals surface area contributed by atoms with E-state index in [2.05, 4.69) is 19.5 Å². The van der Waals surface area contributed by atoms with Crippen LogP contribution >= 0.6 is 0 Å². The number of nitrogens with zero attached hydrogens (tertiary/aromatic N) is 4. The Hall–Kier alpha value is -3.34. The van der Waals surface area contributed by atoms with Crippen LogP contribution in [0.4, 0.5) is 24.7 Å². The third-order valence-electron chi connectivity index (χ3n) is 3.61. The van der Waals surface area contributed by atoms with Crippen LogP contribution in [-0.4, -0.2) is 23.4 Å². The number of fused-ring (bicyclic) bond motifs is 1. The molecule has 3 rings (SSSR count). The largest absolute Gasteiger partial charge is 0.573 e. The Balaban J connectivity index is 1.76. The zero-order valence-electron chi connectivity index (χ0n) is 13.7. The van der Waals surface area contributed by atoms with Crippen molar-refractivity contribution in [3.63, 3.8) is 0 Å². The summed E-state index contributed by atoms with van der Waals surface area (Å²) in [6.07, 6.45) is -3.09. The number of aromatic nitrogens is 2. The molecule has 132 valence electrons. The maximum Gasteiger partial charge on any atom is 0.573 e. The Bertz CT molecular complexity index is 965. The van der Waals surface area contributed by atoms with E-state index in [0.29, 0.717) is 29.1 Å². The second kappa shape index (κ2) is 6.88. The standard InChI is InChI=1S/C18H13F3N4O/c1-22-13-5-8-15-16(9-13)24-17(10-23-15)25(2)11-12-3-6-14(7-4-12)26-18(19,20)21/h3-10H,11H2,2H3. The van der Waals surface area contributed by atoms with Gasteiger partial charge in [-0.25, -0.2) is 9.83 Å². The van der Waals surface area contributed by atoms with Crippen molar-refractivity contribution < 1.29 is 17.9 Å². The number of benzene rings is 2. The molecule has 0 amide bonds. The maximum absolute atomic E-state index is 12.2. The van der Waals surface area contributed by atoms with E-state index in [1.807, 2.05) is 4.90 Å². The molecule has 0 aliphatic heterocycles. The molecule has 26 heavy (non-hydrogen) atoms. The summed E-state index contributed by atoms with van der Waals surface area (Å²) >= 11 is 0. The van der Waals surface area contributed by atoms with Gasteiger partial charge < -0.3 is 9.64 Å². The van der Waals surface area contributed by atoms with Gasteiger partial charge >= 0.3 is 6.36 Å². The molecule has 0 saturated carbocycles. The first-order chi connectivity index (χ1) is 12.3. The lowest BCUT2D eigenvalue weighted by Crippen LogP contribution is -2.18. The highest BCUT2D eigenvalue weighted by atomic mass is 19.4. The van der Waals surface area contributed by atoms with E-state index in [1.165, 1.54) is 12.1 Å². The fourth-order valence-corrected chi connectivity index (χ4v) is 2.39. The lowest BCUT2D eigenvalue weighted by atomic mass is 10.2. The smallest absolute Gasteiger partial charge is 0.406 e. The highest BCUT2D eigenvalue weighted by molar-refractivity contribution is 5.79. The van der Waals surface area contributed by atoms with Gasteiger partial charge in [-0.1, -0.05) is 18.2 Å². The normalized spacial score (nSPS) is 11.2. The summed E-state index contributed by atoms with van der Waals surface area (Å²) in [5.41, 5.74) is 2.56. The zero-order valence-corrected chi connectivity index (χ0v) is 13.7. The van der Waals surface area contributed by atoms with Crippen molar-refractivity contribution in [3.05, 3.63) is 65.6 Å². The van der Waals surface area contributed by atoms with Gasteiger partial charge in [0, 0.05) is 13.6 Å². The molecule has 5 nitrogen and oxygen atoms in total. The van der Waals surface area contributed by atoms with Gasteiger partial charge in [0.25, 0.3) is 0 Å². The summed E-state index contributed by atoms with van der Waals surface area (Å²) < 4.78 is 40.4. The average Bonchev–Trinajstić information content (AvgIpc) is 2.61. The number of anilines is 1. The number of rotatable bonds is 4. The van der Waals surface area contributed by atoms with E-state index in [9.17, 15) is 13.2 Å². The quantitative estimate of drug-likeness (QED) is 0.633. The van der Waals surface area contributed by atoms with Gasteiger partial charge in [-0.3, -0.25) is 4.98 Å². The average molecular weight is 358 g/mol. The Morgan fingerprint density at radius 1 is 1.12 bits per heavy atom. The van der Waals surface area contributed by atoms with E-state index in [-0.39, 0.29) is 5.75 Å². The number of halogens is 3. The summed E-state index contributed by atoms with van der Waals surface area (Å²) in [6.45, 7) is 7.49. The van der Waals surface area contributed by atoms with Crippen LogP contribution in [0, 0.1) is 6.57 Å². The first-order valence-electron chi connectivity index (χ1n) is 7.54. The molecule has 3 aromatic rings. The minimum Gasteiger partial charge on any atom is -0.406 e. The van der Waals surface area contributed by atoms with Crippen molar-refractivity contribution in [1.29, 1.82) is 0 Å². The van der Waals surface area contributed by atoms with E-state index < -0.39 is 6.36 Å². The van der Waals surface area contributed by atoms with Crippen LogP contribution in [0.1, 0.15) is 5.56 Å². The lowest BCUT2D eigenvalue weighted by molar-refractivity contribution is -0.274. The molecule has 0 spiro atoms. The van der Waals surface area contributed by atoms with Crippen molar-refractivity contribution in [3.8, 4) is 5.75 Å². The lowest BCUT2D eigenvalue weighted by Gasteiger charge is -2.18. The summed E-state index contributed by atoms with van der Waals surface area (Å²) in [7, 11) is 1.80. The molecule has 2 aromatic carbocycles. The van der Waals surface area contributed by atoms with Gasteiger partial charge in [0.05, 0.1) is 23.8 Å². The number of hydrogen-bond acceptors (Lipinski definition) is 4. The summed E-state index contributed by atoms with van der Waals surface area (Å²) in [5.74, 6) is 0.330. The molecule has 0 bridgehead atoms. The van der Waals surface area contributed by atoms with Crippen LogP contribution in [-0.2, 0) is 6.54 Å². The number of alkyl halides is 3. The van der Waals surface area contributed by atoms with E-state index >= 15 is 0 Å². The molecule has 0 saturated heterocycles. The summed E-state index contributed by atoms with van der Waals surface area (Å²) in [6, 6.07) is 10.7. The fourth-order valence-electron chi connectivity index (χ4n) is 2.39. The highest BCUT2D eigenvalue weighted by Crippen LogP contribution is 2.24. The summed E-state index contributed by atoms with van der Waals surface area (Å²) in [5, 5.41) is 0. The molecular formula is C18H13F3N4O. The highest BCUT2D eigenvalue weighted by Gasteiger charge is 2.30. The van der Waals surface area contributed by atoms with Gasteiger partial charge in [-0.05, 0) is 29.8 Å². The second-order valence-electron chi connectivity index (χ2n) is 5.56. The van der Waals surface area contributed by atoms with Crippen molar-refractivity contribution in [2.24, 2.45) is 0 Å². The Labute approximate surface area is 147 Å². The van der Waals surface area contributed by atoms with Crippen LogP contribution < -0.4 is 9.64 Å². The molecule has 0 aliphatic rings. The fraction of sp³-hybridized carbons (Fsp3) is 0.167. The number of hydrogen-bond donors (Lipinski definition) is 0. The van der Waals surface area contributed by atoms with E-state index in [0.717, 1.165) is 5.56 Å². The summed E-state index contributed by atoms with van der Waals surface area (Å²) in [4.78, 5) is 14.0. The van der Waals surface area contributed by atoms with Crippen molar-refractivity contribution in [2.75, 3.05) is 11.9 Å². The predicted octanol–water partition coefficient (Wildman–Crippen LogP) is 4.72. The van der Waals surface area contributed by atoms with Crippen molar-refractivity contribution >= 4 is 22.5 Å². The Morgan fingerprint density at radius 3 is 2.50 bits per heavy atom. The molecule has 1 aromatic heterocycles. The second-order valence-corrected chi connectivity index (χ2v) is 5.56. The topological polar surface area (TPSA) is 42.6 Å². The SMILES string of the molecule is [C-]#[N+]c1ccc2ncc(N(C)Cc3ccc(OC(F)(F)F)cc3)nc2c1. The third kappa shape index (κ3) is 4.19. The monoisotopic (exact) mass is 358 g/mol. The molecule has 0 N–H and O–H groups in total. The van der Waals surface area contributed by atoms with Crippen LogP contribution in [0.3, 0.4) is 0 Å². The molecular weight excluding hydrogens is 345 g/mol. The van der Waals surface area contributed by atoms with Gasteiger partial charge in [-0.2, -0.15) is 0 Å². The number of ether oxygens (including phenoxy) is 1. The maximum atomic E-state index is 12.2. The minimum atomic E-state index is -4.71. The molecule has 0 radical (unpaired) electrons. The van der Waals surface area contributed by atoms with Gasteiger partial charge in [-0.15, -0.1) is 13.2 Å². The predicted molar refractivity (Wildman–Crippen MR) is 91.0 cm³/mol. The molecule has 8 heteroatoms. The third-order valence-corrected chi connectivity index (χ3v) is 3.61. The van der Waals surface area contributed by atoms with Gasteiger partial charge in [0.2, 0.25) is 0 Å². The minimum absolute atomic E-state index is 0.263. The Kier molecular flexibility index (Phi) is 4.63. The van der Waals surface area contributed by atoms with Gasteiger partial charge in [0.15, 0.2) is 5.69 Å². The molecule has 0 fully saturated rings. The van der Waals surface area contributed by atoms with Gasteiger partial charge in [0.1, 0.15) is 11.6 Å². The van der Waals surface area contributed by atoms with E-state index in [1.54, 1.807) is 43.6 Å². The first kappa shape index (κ1) is 17.5. The molecule has 0 aliphatic carbocycles. The van der Waals surface area contributed by atoms with Crippen molar-refractivity contribution in [1.82, 2.24) is 9.97 Å².